The van der Waals surface area contributed by atoms with Gasteiger partial charge in [-0.25, -0.2) is 4.98 Å². The fraction of sp³-hybridized carbons (Fsp3) is 0.476. The van der Waals surface area contributed by atoms with Gasteiger partial charge in [0.15, 0.2) is 5.16 Å². The molecule has 150 valence electrons. The Morgan fingerprint density at radius 1 is 1.36 bits per heavy atom. The first kappa shape index (κ1) is 20.5. The van der Waals surface area contributed by atoms with E-state index in [1.807, 2.05) is 49.3 Å². The minimum Gasteiger partial charge on any atom is -0.494 e. The Balaban J connectivity index is 1.67. The lowest BCUT2D eigenvalue weighted by atomic mass is 10.0. The van der Waals surface area contributed by atoms with Crippen molar-refractivity contribution in [1.82, 2.24) is 14.9 Å². The molecule has 1 aromatic carbocycles. The first-order valence-electron chi connectivity index (χ1n) is 9.69. The van der Waals surface area contributed by atoms with Gasteiger partial charge in [0, 0.05) is 24.2 Å². The molecule has 0 saturated carbocycles. The van der Waals surface area contributed by atoms with Crippen molar-refractivity contribution in [3.63, 3.8) is 0 Å². The molecule has 6 nitrogen and oxygen atoms in total. The van der Waals surface area contributed by atoms with Crippen LogP contribution in [0.2, 0.25) is 0 Å². The van der Waals surface area contributed by atoms with Crippen LogP contribution in [0.15, 0.2) is 34.2 Å². The Morgan fingerprint density at radius 2 is 2.11 bits per heavy atom. The van der Waals surface area contributed by atoms with Crippen LogP contribution in [0, 0.1) is 6.92 Å². The molecule has 0 aliphatic carbocycles. The summed E-state index contributed by atoms with van der Waals surface area (Å²) in [7, 11) is 0. The van der Waals surface area contributed by atoms with Crippen LogP contribution in [-0.4, -0.2) is 40.2 Å². The van der Waals surface area contributed by atoms with E-state index in [1.165, 1.54) is 11.8 Å². The molecule has 2 heterocycles. The number of ether oxygens (including phenoxy) is 1. The minimum atomic E-state index is -0.144. The van der Waals surface area contributed by atoms with Crippen molar-refractivity contribution in [1.29, 1.82) is 0 Å². The molecule has 1 unspecified atom stereocenters. The number of amides is 1. The summed E-state index contributed by atoms with van der Waals surface area (Å²) in [6.07, 6.45) is 4.55. The van der Waals surface area contributed by atoms with Crippen LogP contribution in [0.1, 0.15) is 49.0 Å². The molecule has 2 aromatic rings. The monoisotopic (exact) mass is 401 g/mol. The van der Waals surface area contributed by atoms with Gasteiger partial charge in [-0.1, -0.05) is 23.9 Å². The predicted molar refractivity (Wildman–Crippen MR) is 111 cm³/mol. The second-order valence-corrected chi connectivity index (χ2v) is 7.68. The molecule has 0 radical (unpaired) electrons. The number of benzene rings is 1. The Hall–Kier alpha value is -2.28. The number of aromatic nitrogens is 2. The van der Waals surface area contributed by atoms with E-state index in [2.05, 4.69) is 9.97 Å². The first-order valence-corrected chi connectivity index (χ1v) is 10.9. The van der Waals surface area contributed by atoms with E-state index in [-0.39, 0.29) is 17.5 Å². The fourth-order valence-electron chi connectivity index (χ4n) is 3.72. The molecule has 1 N–H and O–H groups in total. The lowest BCUT2D eigenvalue weighted by Gasteiger charge is -2.25. The third-order valence-electron chi connectivity index (χ3n) is 5.13. The summed E-state index contributed by atoms with van der Waals surface area (Å²) >= 11 is 1.40. The molecule has 1 aliphatic rings. The van der Waals surface area contributed by atoms with Crippen molar-refractivity contribution in [3.8, 4) is 5.75 Å². The summed E-state index contributed by atoms with van der Waals surface area (Å²) in [5.41, 5.74) is 2.29. The van der Waals surface area contributed by atoms with Crippen molar-refractivity contribution >= 4 is 17.7 Å². The number of carbonyl (C=O) groups excluding carboxylic acids is 1. The lowest BCUT2D eigenvalue weighted by Crippen LogP contribution is -2.31. The van der Waals surface area contributed by atoms with Crippen LogP contribution in [-0.2, 0) is 11.2 Å². The summed E-state index contributed by atoms with van der Waals surface area (Å²) in [5.74, 6) is 0.933. The number of nitrogens with zero attached hydrogens (tertiary/aromatic N) is 2. The van der Waals surface area contributed by atoms with Crippen LogP contribution in [0.4, 0.5) is 0 Å². The first-order chi connectivity index (χ1) is 13.5. The normalized spacial score (nSPS) is 16.4. The zero-order valence-corrected chi connectivity index (χ0v) is 17.5. The van der Waals surface area contributed by atoms with Crippen molar-refractivity contribution < 1.29 is 9.53 Å². The van der Waals surface area contributed by atoms with Gasteiger partial charge in [-0.05, 0) is 57.1 Å². The molecule has 1 amide bonds. The number of hydrogen-bond donors (Lipinski definition) is 1. The smallest absolute Gasteiger partial charge is 0.254 e. The van der Waals surface area contributed by atoms with E-state index in [4.69, 9.17) is 4.74 Å². The van der Waals surface area contributed by atoms with E-state index >= 15 is 0 Å². The minimum absolute atomic E-state index is 0.0872. The summed E-state index contributed by atoms with van der Waals surface area (Å²) in [5, 5.41) is 0.604. The summed E-state index contributed by atoms with van der Waals surface area (Å²) in [4.78, 5) is 34.3. The number of H-pyrrole nitrogens is 1. The molecule has 1 atom stereocenters. The highest BCUT2D eigenvalue weighted by molar-refractivity contribution is 7.98. The molecule has 3 rings (SSSR count). The maximum atomic E-state index is 12.9. The van der Waals surface area contributed by atoms with Gasteiger partial charge in [0.25, 0.3) is 5.56 Å². The Kier molecular flexibility index (Phi) is 6.78. The van der Waals surface area contributed by atoms with Crippen LogP contribution in [0.5, 0.6) is 5.75 Å². The highest BCUT2D eigenvalue weighted by Gasteiger charge is 2.29. The molecule has 1 saturated heterocycles. The predicted octanol–water partition coefficient (Wildman–Crippen LogP) is 3.50. The van der Waals surface area contributed by atoms with Crippen LogP contribution in [0.3, 0.4) is 0 Å². The number of aromatic amines is 1. The molecular formula is C21H27N3O3S. The van der Waals surface area contributed by atoms with Crippen LogP contribution >= 0.6 is 11.8 Å². The largest absolute Gasteiger partial charge is 0.494 e. The average Bonchev–Trinajstić information content (AvgIpc) is 3.17. The number of hydrogen-bond acceptors (Lipinski definition) is 5. The van der Waals surface area contributed by atoms with E-state index in [0.29, 0.717) is 35.9 Å². The molecular weight excluding hydrogens is 374 g/mol. The number of rotatable bonds is 7. The Bertz CT molecular complexity index is 879. The van der Waals surface area contributed by atoms with Crippen molar-refractivity contribution in [3.05, 3.63) is 51.4 Å². The quantitative estimate of drug-likeness (QED) is 0.568. The van der Waals surface area contributed by atoms with Crippen molar-refractivity contribution in [2.75, 3.05) is 19.4 Å². The molecule has 7 heteroatoms. The molecule has 0 bridgehead atoms. The third kappa shape index (κ3) is 4.58. The van der Waals surface area contributed by atoms with Gasteiger partial charge in [-0.15, -0.1) is 0 Å². The maximum absolute atomic E-state index is 12.9. The fourth-order valence-corrected chi connectivity index (χ4v) is 4.14. The average molecular weight is 402 g/mol. The summed E-state index contributed by atoms with van der Waals surface area (Å²) < 4.78 is 5.50. The van der Waals surface area contributed by atoms with E-state index in [9.17, 15) is 9.59 Å². The summed E-state index contributed by atoms with van der Waals surface area (Å²) in [6.45, 7) is 5.18. The van der Waals surface area contributed by atoms with Gasteiger partial charge in [0.05, 0.1) is 12.6 Å². The molecule has 1 fully saturated rings. The van der Waals surface area contributed by atoms with Gasteiger partial charge < -0.3 is 14.6 Å². The Labute approximate surface area is 169 Å². The highest BCUT2D eigenvalue weighted by atomic mass is 32.2. The van der Waals surface area contributed by atoms with Crippen molar-refractivity contribution in [2.24, 2.45) is 0 Å². The zero-order valence-electron chi connectivity index (χ0n) is 16.7. The maximum Gasteiger partial charge on any atom is 0.254 e. The molecule has 28 heavy (non-hydrogen) atoms. The number of nitrogens with one attached hydrogen (secondary N) is 1. The standard InChI is InChI=1S/C21H27N3O3S/c1-4-27-16-9-7-15(8-10-16)18-6-5-13-24(18)19(25)12-11-17-14(2)22-21(28-3)23-20(17)26/h7-10,18H,4-6,11-13H2,1-3H3,(H,22,23,26). The number of aryl methyl sites for hydroxylation is 1. The molecule has 1 aliphatic heterocycles. The van der Waals surface area contributed by atoms with E-state index < -0.39 is 0 Å². The lowest BCUT2D eigenvalue weighted by molar-refractivity contribution is -0.132. The van der Waals surface area contributed by atoms with Crippen molar-refractivity contribution in [2.45, 2.75) is 50.7 Å². The van der Waals surface area contributed by atoms with Crippen LogP contribution in [0.25, 0.3) is 0 Å². The summed E-state index contributed by atoms with van der Waals surface area (Å²) in [6, 6.07) is 8.10. The van der Waals surface area contributed by atoms with E-state index in [0.717, 1.165) is 30.7 Å². The number of carbonyl (C=O) groups is 1. The van der Waals surface area contributed by atoms with Crippen LogP contribution < -0.4 is 10.3 Å². The molecule has 1 aromatic heterocycles. The van der Waals surface area contributed by atoms with Gasteiger partial charge in [0.1, 0.15) is 5.75 Å². The number of likely N-dealkylation sites (tertiary alicyclic amines) is 1. The highest BCUT2D eigenvalue weighted by Crippen LogP contribution is 2.33. The second-order valence-electron chi connectivity index (χ2n) is 6.89. The number of thioether (sulfide) groups is 1. The topological polar surface area (TPSA) is 75.3 Å². The van der Waals surface area contributed by atoms with Gasteiger partial charge >= 0.3 is 0 Å². The molecule has 0 spiro atoms. The third-order valence-corrected chi connectivity index (χ3v) is 5.71. The Morgan fingerprint density at radius 3 is 2.75 bits per heavy atom. The van der Waals surface area contributed by atoms with Gasteiger partial charge in [0.2, 0.25) is 5.91 Å². The zero-order chi connectivity index (χ0) is 20.1. The van der Waals surface area contributed by atoms with Gasteiger partial charge in [-0.2, -0.15) is 0 Å². The SMILES string of the molecule is CCOc1ccc(C2CCCN2C(=O)CCc2c(C)nc(SC)[nH]c2=O)cc1. The van der Waals surface area contributed by atoms with E-state index in [1.54, 1.807) is 0 Å². The van der Waals surface area contributed by atoms with Gasteiger partial charge in [-0.3, -0.25) is 9.59 Å². The second kappa shape index (κ2) is 9.28.